The first-order valence-electron chi connectivity index (χ1n) is 9.30. The Hall–Kier alpha value is -1.75. The molecule has 0 radical (unpaired) electrons. The standard InChI is InChI=1S/C14H9ClF6NO3PS.C5H11N/c15-9-3-6(13(16,17)18)4-11(26)12(9)27(24,25)22-7-1-2-8(10(23)5-7)14(19,20)21;1-6-4-2-3-5-6/h1-5,22-23H,26H2;2-5H2,1H3. The summed E-state index contributed by atoms with van der Waals surface area (Å²) in [6.07, 6.45) is -6.79. The average molecular weight is 537 g/mol. The Morgan fingerprint density at radius 1 is 1.03 bits per heavy atom. The lowest BCUT2D eigenvalue weighted by atomic mass is 10.2. The number of aromatic hydroxyl groups is 1. The van der Waals surface area contributed by atoms with E-state index in [4.69, 9.17) is 11.6 Å². The summed E-state index contributed by atoms with van der Waals surface area (Å²) in [4.78, 5) is 1.65. The van der Waals surface area contributed by atoms with Crippen molar-refractivity contribution in [1.82, 2.24) is 4.90 Å². The maximum Gasteiger partial charge on any atom is 0.419 e. The number of nitrogens with one attached hydrogen (secondary N) is 1. The summed E-state index contributed by atoms with van der Waals surface area (Å²) < 4.78 is 103. The molecule has 14 heteroatoms. The van der Waals surface area contributed by atoms with E-state index in [-0.39, 0.29) is 0 Å². The monoisotopic (exact) mass is 536 g/mol. The molecule has 0 saturated carbocycles. The van der Waals surface area contributed by atoms with Crippen molar-refractivity contribution in [2.45, 2.75) is 30.1 Å². The van der Waals surface area contributed by atoms with Gasteiger partial charge in [-0.05, 0) is 62.5 Å². The van der Waals surface area contributed by atoms with Crippen LogP contribution in [0.5, 0.6) is 5.75 Å². The lowest BCUT2D eigenvalue weighted by Gasteiger charge is -2.15. The van der Waals surface area contributed by atoms with Crippen LogP contribution in [-0.4, -0.2) is 38.6 Å². The predicted octanol–water partition coefficient (Wildman–Crippen LogP) is 5.10. The second-order valence-electron chi connectivity index (χ2n) is 7.22. The van der Waals surface area contributed by atoms with Crippen molar-refractivity contribution >= 4 is 41.9 Å². The number of phenolic OH excluding ortho intramolecular Hbond substituents is 1. The second-order valence-corrected chi connectivity index (χ2v) is 9.87. The highest BCUT2D eigenvalue weighted by atomic mass is 35.5. The lowest BCUT2D eigenvalue weighted by Crippen LogP contribution is -2.21. The van der Waals surface area contributed by atoms with E-state index in [1.54, 1.807) is 9.24 Å². The Bertz CT molecular complexity index is 1080. The number of likely N-dealkylation sites (tertiary alicyclic amines) is 1. The Kier molecular flexibility index (Phi) is 8.54. The molecule has 5 nitrogen and oxygen atoms in total. The minimum Gasteiger partial charge on any atom is -0.507 e. The van der Waals surface area contributed by atoms with Gasteiger partial charge in [0, 0.05) is 6.07 Å². The second kappa shape index (κ2) is 10.2. The summed E-state index contributed by atoms with van der Waals surface area (Å²) in [7, 11) is -0.594. The fraction of sp³-hybridized carbons (Fsp3) is 0.368. The van der Waals surface area contributed by atoms with Gasteiger partial charge in [0.05, 0.1) is 21.8 Å². The van der Waals surface area contributed by atoms with E-state index >= 15 is 0 Å². The van der Waals surface area contributed by atoms with Crippen molar-refractivity contribution in [1.29, 1.82) is 0 Å². The highest BCUT2D eigenvalue weighted by Gasteiger charge is 2.35. The molecule has 1 heterocycles. The third-order valence-electron chi connectivity index (χ3n) is 4.55. The van der Waals surface area contributed by atoms with Crippen LogP contribution in [0.15, 0.2) is 35.2 Å². The molecule has 1 fully saturated rings. The molecule has 2 N–H and O–H groups in total. The number of benzene rings is 2. The van der Waals surface area contributed by atoms with Gasteiger partial charge < -0.3 is 10.0 Å². The van der Waals surface area contributed by atoms with Crippen LogP contribution >= 0.6 is 20.8 Å². The SMILES string of the molecule is CN1CCCC1.O=S(=O)(Nc1ccc(C(F)(F)F)c(O)c1)c1c(P)cc(C(F)(F)F)cc1Cl. The molecule has 184 valence electrons. The van der Waals surface area contributed by atoms with Gasteiger partial charge in [0.1, 0.15) is 10.6 Å². The molecule has 0 bridgehead atoms. The summed E-state index contributed by atoms with van der Waals surface area (Å²) >= 11 is 5.68. The molecule has 33 heavy (non-hydrogen) atoms. The van der Waals surface area contributed by atoms with Crippen LogP contribution in [0, 0.1) is 0 Å². The van der Waals surface area contributed by atoms with E-state index in [0.29, 0.717) is 24.3 Å². The van der Waals surface area contributed by atoms with Gasteiger partial charge in [0.15, 0.2) is 0 Å². The Morgan fingerprint density at radius 2 is 1.61 bits per heavy atom. The largest absolute Gasteiger partial charge is 0.507 e. The zero-order valence-electron chi connectivity index (χ0n) is 17.1. The van der Waals surface area contributed by atoms with Crippen LogP contribution < -0.4 is 10.0 Å². The van der Waals surface area contributed by atoms with Gasteiger partial charge in [-0.2, -0.15) is 26.3 Å². The van der Waals surface area contributed by atoms with Crippen molar-refractivity contribution in [2.24, 2.45) is 0 Å². The summed E-state index contributed by atoms with van der Waals surface area (Å²) in [6, 6.07) is 2.65. The molecule has 0 amide bonds. The number of sulfonamides is 1. The van der Waals surface area contributed by atoms with Gasteiger partial charge in [0.25, 0.3) is 10.0 Å². The van der Waals surface area contributed by atoms with Crippen LogP contribution in [0.1, 0.15) is 24.0 Å². The molecular weight excluding hydrogens is 517 g/mol. The maximum absolute atomic E-state index is 12.7. The molecular formula is C19H20ClF6N2O3PS. The van der Waals surface area contributed by atoms with Crippen molar-refractivity contribution in [2.75, 3.05) is 24.9 Å². The Balaban J connectivity index is 0.000000554. The van der Waals surface area contributed by atoms with E-state index in [9.17, 15) is 39.9 Å². The summed E-state index contributed by atoms with van der Waals surface area (Å²) in [5.74, 6) is -1.23. The first kappa shape index (κ1) is 27.5. The van der Waals surface area contributed by atoms with Crippen LogP contribution in [0.2, 0.25) is 5.02 Å². The maximum atomic E-state index is 12.7. The van der Waals surface area contributed by atoms with E-state index in [1.807, 2.05) is 4.72 Å². The zero-order valence-corrected chi connectivity index (χ0v) is 19.8. The zero-order chi connectivity index (χ0) is 25.2. The number of hydrogen-bond donors (Lipinski definition) is 2. The number of nitrogens with zero attached hydrogens (tertiary/aromatic N) is 1. The fourth-order valence-electron chi connectivity index (χ4n) is 2.98. The average Bonchev–Trinajstić information content (AvgIpc) is 3.10. The number of rotatable bonds is 3. The third kappa shape index (κ3) is 7.37. The first-order chi connectivity index (χ1) is 15.0. The summed E-state index contributed by atoms with van der Waals surface area (Å²) in [5.41, 5.74) is -3.01. The molecule has 0 aliphatic carbocycles. The quantitative estimate of drug-likeness (QED) is 0.423. The third-order valence-corrected chi connectivity index (χ3v) is 7.13. The molecule has 2 aromatic rings. The van der Waals surface area contributed by atoms with Gasteiger partial charge in [-0.1, -0.05) is 11.6 Å². The van der Waals surface area contributed by atoms with Crippen LogP contribution in [-0.2, 0) is 22.4 Å². The number of anilines is 1. The van der Waals surface area contributed by atoms with Crippen LogP contribution in [0.25, 0.3) is 0 Å². The minimum atomic E-state index is -4.86. The minimum absolute atomic E-state index is 0.404. The first-order valence-corrected chi connectivity index (χ1v) is 11.7. The number of alkyl halides is 6. The highest BCUT2D eigenvalue weighted by molar-refractivity contribution is 7.93. The van der Waals surface area contributed by atoms with Crippen molar-refractivity contribution in [3.63, 3.8) is 0 Å². The van der Waals surface area contributed by atoms with Crippen molar-refractivity contribution in [3.8, 4) is 5.75 Å². The van der Waals surface area contributed by atoms with Crippen LogP contribution in [0.4, 0.5) is 32.0 Å². The topological polar surface area (TPSA) is 69.6 Å². The van der Waals surface area contributed by atoms with Crippen molar-refractivity contribution in [3.05, 3.63) is 46.5 Å². The van der Waals surface area contributed by atoms with Gasteiger partial charge in [-0.25, -0.2) is 8.42 Å². The van der Waals surface area contributed by atoms with E-state index < -0.39 is 60.2 Å². The lowest BCUT2D eigenvalue weighted by molar-refractivity contribution is -0.139. The molecule has 1 unspecified atom stereocenters. The van der Waals surface area contributed by atoms with E-state index in [1.165, 1.54) is 25.9 Å². The molecule has 1 aliphatic heterocycles. The molecule has 2 aromatic carbocycles. The van der Waals surface area contributed by atoms with Gasteiger partial charge in [-0.3, -0.25) is 4.72 Å². The van der Waals surface area contributed by atoms with E-state index in [2.05, 4.69) is 11.9 Å². The molecule has 1 atom stereocenters. The fourth-order valence-corrected chi connectivity index (χ4v) is 5.63. The molecule has 1 aliphatic rings. The number of halogens is 7. The Morgan fingerprint density at radius 3 is 2.00 bits per heavy atom. The number of phenols is 1. The molecule has 0 aromatic heterocycles. The molecule has 1 saturated heterocycles. The van der Waals surface area contributed by atoms with Gasteiger partial charge in [-0.15, -0.1) is 9.24 Å². The molecule has 3 rings (SSSR count). The normalized spacial score (nSPS) is 15.2. The molecule has 0 spiro atoms. The number of hydrogen-bond acceptors (Lipinski definition) is 4. The van der Waals surface area contributed by atoms with Crippen LogP contribution in [0.3, 0.4) is 0 Å². The predicted molar refractivity (Wildman–Crippen MR) is 116 cm³/mol. The highest BCUT2D eigenvalue weighted by Crippen LogP contribution is 2.38. The summed E-state index contributed by atoms with van der Waals surface area (Å²) in [6.45, 7) is 2.64. The van der Waals surface area contributed by atoms with Gasteiger partial charge in [0.2, 0.25) is 0 Å². The van der Waals surface area contributed by atoms with E-state index in [0.717, 1.165) is 6.07 Å². The Labute approximate surface area is 194 Å². The smallest absolute Gasteiger partial charge is 0.419 e. The van der Waals surface area contributed by atoms with Crippen molar-refractivity contribution < 1.29 is 39.9 Å². The van der Waals surface area contributed by atoms with Gasteiger partial charge >= 0.3 is 12.4 Å². The summed E-state index contributed by atoms with van der Waals surface area (Å²) in [5, 5.41) is 8.28.